The quantitative estimate of drug-likeness (QED) is 0.346. The summed E-state index contributed by atoms with van der Waals surface area (Å²) in [6, 6.07) is 16.6. The van der Waals surface area contributed by atoms with E-state index in [2.05, 4.69) is 5.10 Å². The van der Waals surface area contributed by atoms with Gasteiger partial charge in [-0.1, -0.05) is 36.4 Å². The van der Waals surface area contributed by atoms with Gasteiger partial charge in [-0.15, -0.1) is 0 Å². The van der Waals surface area contributed by atoms with Gasteiger partial charge in [0.1, 0.15) is 0 Å². The van der Waals surface area contributed by atoms with Crippen molar-refractivity contribution in [2.24, 2.45) is 0 Å². The summed E-state index contributed by atoms with van der Waals surface area (Å²) in [6.07, 6.45) is -1.55. The SMILES string of the molecule is Cc1ccn2nc(C)c(C(=O)CCc3ccc(-c4ccc(C(F)(F)F)cc4)cc3)c2c1. The topological polar surface area (TPSA) is 34.4 Å². The first-order valence-corrected chi connectivity index (χ1v) is 9.98. The lowest BCUT2D eigenvalue weighted by Crippen LogP contribution is -2.04. The van der Waals surface area contributed by atoms with E-state index < -0.39 is 11.7 Å². The van der Waals surface area contributed by atoms with Crippen molar-refractivity contribution in [2.75, 3.05) is 0 Å². The van der Waals surface area contributed by atoms with Gasteiger partial charge in [-0.3, -0.25) is 4.79 Å². The Morgan fingerprint density at radius 2 is 1.55 bits per heavy atom. The zero-order valence-electron chi connectivity index (χ0n) is 17.2. The van der Waals surface area contributed by atoms with Crippen molar-refractivity contribution in [2.45, 2.75) is 32.9 Å². The van der Waals surface area contributed by atoms with Crippen LogP contribution in [0.2, 0.25) is 0 Å². The van der Waals surface area contributed by atoms with Gasteiger partial charge in [0.25, 0.3) is 0 Å². The minimum atomic E-state index is -4.34. The Labute approximate surface area is 178 Å². The molecule has 31 heavy (non-hydrogen) atoms. The predicted octanol–water partition coefficient (Wildman–Crippen LogP) is 6.45. The Balaban J connectivity index is 1.46. The third kappa shape index (κ3) is 4.38. The lowest BCUT2D eigenvalue weighted by atomic mass is 9.98. The van der Waals surface area contributed by atoms with Crippen LogP contribution in [0.15, 0.2) is 66.9 Å². The number of benzene rings is 2. The molecule has 0 radical (unpaired) electrons. The van der Waals surface area contributed by atoms with Crippen LogP contribution in [0.5, 0.6) is 0 Å². The maximum absolute atomic E-state index is 12.9. The van der Waals surface area contributed by atoms with Crippen molar-refractivity contribution in [3.63, 3.8) is 0 Å². The molecule has 2 aromatic carbocycles. The molecule has 0 atom stereocenters. The molecule has 0 bridgehead atoms. The van der Waals surface area contributed by atoms with Crippen LogP contribution in [0.1, 0.15) is 39.2 Å². The van der Waals surface area contributed by atoms with Gasteiger partial charge < -0.3 is 0 Å². The molecule has 4 rings (SSSR count). The summed E-state index contributed by atoms with van der Waals surface area (Å²) in [4.78, 5) is 12.9. The summed E-state index contributed by atoms with van der Waals surface area (Å²) >= 11 is 0. The Hall–Kier alpha value is -3.41. The number of hydrogen-bond acceptors (Lipinski definition) is 2. The first-order chi connectivity index (χ1) is 14.7. The summed E-state index contributed by atoms with van der Waals surface area (Å²) in [5.74, 6) is 0.0462. The minimum absolute atomic E-state index is 0.0462. The van der Waals surface area contributed by atoms with Gasteiger partial charge in [0.15, 0.2) is 5.78 Å². The van der Waals surface area contributed by atoms with Crippen molar-refractivity contribution >= 4 is 11.3 Å². The molecule has 0 unspecified atom stereocenters. The fourth-order valence-electron chi connectivity index (χ4n) is 3.71. The first kappa shape index (κ1) is 20.8. The Morgan fingerprint density at radius 1 is 0.935 bits per heavy atom. The molecule has 0 saturated heterocycles. The maximum Gasteiger partial charge on any atom is 0.416 e. The molecule has 0 N–H and O–H groups in total. The average molecular weight is 422 g/mol. The number of carbonyl (C=O) groups is 1. The molecule has 158 valence electrons. The van der Waals surface area contributed by atoms with E-state index in [4.69, 9.17) is 0 Å². The maximum atomic E-state index is 12.9. The number of aryl methyl sites for hydroxylation is 3. The Bertz CT molecular complexity index is 1240. The van der Waals surface area contributed by atoms with E-state index in [-0.39, 0.29) is 5.78 Å². The number of nitrogens with zero attached hydrogens (tertiary/aromatic N) is 2. The second-order valence-electron chi connectivity index (χ2n) is 7.69. The van der Waals surface area contributed by atoms with Crippen molar-refractivity contribution in [3.05, 3.63) is 94.8 Å². The smallest absolute Gasteiger partial charge is 0.294 e. The number of carbonyl (C=O) groups excluding carboxylic acids is 1. The zero-order valence-corrected chi connectivity index (χ0v) is 17.2. The summed E-state index contributed by atoms with van der Waals surface area (Å²) in [5, 5.41) is 4.42. The molecule has 6 heteroatoms. The van der Waals surface area contributed by atoms with Crippen LogP contribution in [0.3, 0.4) is 0 Å². The first-order valence-electron chi connectivity index (χ1n) is 9.98. The van der Waals surface area contributed by atoms with Crippen molar-refractivity contribution in [1.29, 1.82) is 0 Å². The van der Waals surface area contributed by atoms with Gasteiger partial charge in [-0.2, -0.15) is 18.3 Å². The van der Waals surface area contributed by atoms with E-state index in [0.29, 0.717) is 29.7 Å². The van der Waals surface area contributed by atoms with Gasteiger partial charge in [0, 0.05) is 12.6 Å². The molecule has 4 aromatic rings. The molecule has 0 amide bonds. The predicted molar refractivity (Wildman–Crippen MR) is 114 cm³/mol. The molecule has 3 nitrogen and oxygen atoms in total. The number of ketones is 1. The van der Waals surface area contributed by atoms with Crippen molar-refractivity contribution in [1.82, 2.24) is 9.61 Å². The minimum Gasteiger partial charge on any atom is -0.294 e. The van der Waals surface area contributed by atoms with E-state index >= 15 is 0 Å². The highest BCUT2D eigenvalue weighted by Crippen LogP contribution is 2.31. The third-order valence-corrected chi connectivity index (χ3v) is 5.38. The Kier molecular flexibility index (Phi) is 5.39. The lowest BCUT2D eigenvalue weighted by Gasteiger charge is -2.08. The number of halogens is 3. The average Bonchev–Trinajstić information content (AvgIpc) is 3.07. The van der Waals surface area contributed by atoms with Crippen LogP contribution in [-0.2, 0) is 12.6 Å². The Morgan fingerprint density at radius 3 is 2.16 bits per heavy atom. The number of rotatable bonds is 5. The molecule has 0 spiro atoms. The molecule has 2 aromatic heterocycles. The fraction of sp³-hybridized carbons (Fsp3) is 0.200. The number of Topliss-reactive ketones (excluding diaryl/α,β-unsaturated/α-hetero) is 1. The van der Waals surface area contributed by atoms with Crippen LogP contribution < -0.4 is 0 Å². The highest BCUT2D eigenvalue weighted by molar-refractivity contribution is 6.03. The summed E-state index contributed by atoms with van der Waals surface area (Å²) in [6.45, 7) is 3.82. The number of pyridine rings is 1. The molecular formula is C25H21F3N2O. The fourth-order valence-corrected chi connectivity index (χ4v) is 3.71. The normalized spacial score (nSPS) is 11.8. The van der Waals surface area contributed by atoms with Crippen LogP contribution in [0, 0.1) is 13.8 Å². The lowest BCUT2D eigenvalue weighted by molar-refractivity contribution is -0.137. The third-order valence-electron chi connectivity index (χ3n) is 5.38. The second-order valence-corrected chi connectivity index (χ2v) is 7.69. The van der Waals surface area contributed by atoms with E-state index in [0.717, 1.165) is 34.3 Å². The molecule has 0 aliphatic heterocycles. The number of aromatic nitrogens is 2. The van der Waals surface area contributed by atoms with Crippen molar-refractivity contribution in [3.8, 4) is 11.1 Å². The largest absolute Gasteiger partial charge is 0.416 e. The molecule has 0 aliphatic rings. The van der Waals surface area contributed by atoms with E-state index in [1.807, 2.05) is 56.4 Å². The van der Waals surface area contributed by atoms with Crippen molar-refractivity contribution < 1.29 is 18.0 Å². The van der Waals surface area contributed by atoms with E-state index in [1.54, 1.807) is 4.52 Å². The zero-order chi connectivity index (χ0) is 22.2. The van der Waals surface area contributed by atoms with Crippen LogP contribution in [0.4, 0.5) is 13.2 Å². The summed E-state index contributed by atoms with van der Waals surface area (Å²) < 4.78 is 39.9. The number of fused-ring (bicyclic) bond motifs is 1. The van der Waals surface area contributed by atoms with Gasteiger partial charge in [-0.25, -0.2) is 4.52 Å². The molecule has 0 fully saturated rings. The van der Waals surface area contributed by atoms with Crippen LogP contribution in [0.25, 0.3) is 16.6 Å². The molecule has 0 saturated carbocycles. The van der Waals surface area contributed by atoms with Gasteiger partial charge >= 0.3 is 6.18 Å². The van der Waals surface area contributed by atoms with Gasteiger partial charge in [0.05, 0.1) is 22.3 Å². The monoisotopic (exact) mass is 422 g/mol. The van der Waals surface area contributed by atoms with Crippen LogP contribution in [-0.4, -0.2) is 15.4 Å². The highest BCUT2D eigenvalue weighted by Gasteiger charge is 2.29. The number of alkyl halides is 3. The molecule has 2 heterocycles. The summed E-state index contributed by atoms with van der Waals surface area (Å²) in [5.41, 5.74) is 5.14. The number of hydrogen-bond donors (Lipinski definition) is 0. The molecular weight excluding hydrogens is 401 g/mol. The summed E-state index contributed by atoms with van der Waals surface area (Å²) in [7, 11) is 0. The highest BCUT2D eigenvalue weighted by atomic mass is 19.4. The van der Waals surface area contributed by atoms with Gasteiger partial charge in [0.2, 0.25) is 0 Å². The standard InChI is InChI=1S/C25H21F3N2O/c1-16-13-14-30-22(15-16)24(17(2)29-30)23(31)12-5-18-3-6-19(7-4-18)20-8-10-21(11-9-20)25(26,27)28/h3-4,6-11,13-15H,5,12H2,1-2H3. The van der Waals surface area contributed by atoms with E-state index in [9.17, 15) is 18.0 Å². The van der Waals surface area contributed by atoms with Gasteiger partial charge in [-0.05, 0) is 66.8 Å². The van der Waals surface area contributed by atoms with E-state index in [1.165, 1.54) is 12.1 Å². The second kappa shape index (κ2) is 8.02. The van der Waals surface area contributed by atoms with Crippen LogP contribution >= 0.6 is 0 Å². The molecule has 0 aliphatic carbocycles.